The molecule has 0 atom stereocenters. The molecule has 3 nitrogen and oxygen atoms in total. The van der Waals surface area contributed by atoms with Gasteiger partial charge in [0.2, 0.25) is 5.91 Å². The molecule has 16 heavy (non-hydrogen) atoms. The fraction of sp³-hybridized carbons (Fsp3) is 0.462. The van der Waals surface area contributed by atoms with Crippen molar-refractivity contribution in [2.45, 2.75) is 26.7 Å². The van der Waals surface area contributed by atoms with Crippen molar-refractivity contribution >= 4 is 11.6 Å². The second-order valence-corrected chi connectivity index (χ2v) is 3.83. The van der Waals surface area contributed by atoms with Gasteiger partial charge in [0.25, 0.3) is 0 Å². The maximum Gasteiger partial charge on any atom is 0.223 e. The fourth-order valence-electron chi connectivity index (χ4n) is 1.63. The second-order valence-electron chi connectivity index (χ2n) is 3.83. The molecular weight excluding hydrogens is 200 g/mol. The number of amides is 1. The van der Waals surface area contributed by atoms with Crippen LogP contribution >= 0.6 is 0 Å². The molecule has 88 valence electrons. The van der Waals surface area contributed by atoms with Crippen LogP contribution in [0.4, 0.5) is 5.69 Å². The second kappa shape index (κ2) is 6.28. The molecule has 1 amide bonds. The minimum Gasteiger partial charge on any atom is -0.330 e. The zero-order valence-electron chi connectivity index (χ0n) is 10.1. The van der Waals surface area contributed by atoms with E-state index in [0.29, 0.717) is 13.1 Å². The summed E-state index contributed by atoms with van der Waals surface area (Å²) in [6.07, 6.45) is 1.85. The fourth-order valence-corrected chi connectivity index (χ4v) is 1.63. The van der Waals surface area contributed by atoms with Crippen molar-refractivity contribution in [2.75, 3.05) is 18.0 Å². The van der Waals surface area contributed by atoms with E-state index >= 15 is 0 Å². The third-order valence-corrected chi connectivity index (χ3v) is 2.62. The molecule has 0 saturated carbocycles. The Labute approximate surface area is 97.2 Å². The monoisotopic (exact) mass is 220 g/mol. The quantitative estimate of drug-likeness (QED) is 0.824. The van der Waals surface area contributed by atoms with Gasteiger partial charge < -0.3 is 10.6 Å². The number of aryl methyl sites for hydroxylation is 1. The Balaban J connectivity index is 2.79. The van der Waals surface area contributed by atoms with Crippen LogP contribution in [0, 0.1) is 0 Å². The lowest BCUT2D eigenvalue weighted by atomic mass is 10.1. The van der Waals surface area contributed by atoms with Gasteiger partial charge in [0.1, 0.15) is 0 Å². The highest BCUT2D eigenvalue weighted by atomic mass is 16.2. The molecule has 0 spiro atoms. The molecule has 1 aromatic carbocycles. The number of anilines is 1. The molecular formula is C13H20N2O. The van der Waals surface area contributed by atoms with Gasteiger partial charge in [-0.3, -0.25) is 4.79 Å². The summed E-state index contributed by atoms with van der Waals surface area (Å²) in [6.45, 7) is 5.00. The maximum absolute atomic E-state index is 11.5. The van der Waals surface area contributed by atoms with Gasteiger partial charge in [-0.15, -0.1) is 0 Å². The molecule has 1 aromatic rings. The Bertz CT molecular complexity index is 332. The minimum absolute atomic E-state index is 0.0673. The van der Waals surface area contributed by atoms with Gasteiger partial charge in [-0.05, 0) is 37.1 Å². The average molecular weight is 220 g/mol. The highest BCUT2D eigenvalue weighted by Gasteiger charge is 2.09. The van der Waals surface area contributed by atoms with Crippen molar-refractivity contribution in [3.63, 3.8) is 0 Å². The minimum atomic E-state index is 0.0673. The van der Waals surface area contributed by atoms with E-state index in [-0.39, 0.29) is 5.91 Å². The number of benzene rings is 1. The molecule has 3 heteroatoms. The smallest absolute Gasteiger partial charge is 0.223 e. The molecule has 0 bridgehead atoms. The number of carbonyl (C=O) groups excluding carboxylic acids is 1. The first-order valence-electron chi connectivity index (χ1n) is 5.76. The topological polar surface area (TPSA) is 46.3 Å². The van der Waals surface area contributed by atoms with Crippen molar-refractivity contribution in [1.82, 2.24) is 0 Å². The molecule has 0 radical (unpaired) electrons. The van der Waals surface area contributed by atoms with Crippen LogP contribution in [0.15, 0.2) is 24.3 Å². The predicted octanol–water partition coefficient (Wildman–Crippen LogP) is 1.95. The SMILES string of the molecule is CCc1ccc(N(CCCN)C(C)=O)cc1. The van der Waals surface area contributed by atoms with Crippen LogP contribution in [0.25, 0.3) is 0 Å². The summed E-state index contributed by atoms with van der Waals surface area (Å²) in [7, 11) is 0. The van der Waals surface area contributed by atoms with Crippen LogP contribution in [0.2, 0.25) is 0 Å². The Kier molecular flexibility index (Phi) is 4.99. The van der Waals surface area contributed by atoms with Crippen LogP contribution < -0.4 is 10.6 Å². The number of nitrogens with zero attached hydrogens (tertiary/aromatic N) is 1. The number of hydrogen-bond donors (Lipinski definition) is 1. The molecule has 0 aliphatic carbocycles. The van der Waals surface area contributed by atoms with Gasteiger partial charge >= 0.3 is 0 Å². The molecule has 0 aromatic heterocycles. The Hall–Kier alpha value is -1.35. The Morgan fingerprint density at radius 3 is 2.38 bits per heavy atom. The summed E-state index contributed by atoms with van der Waals surface area (Å²) >= 11 is 0. The van der Waals surface area contributed by atoms with Crippen molar-refractivity contribution in [3.05, 3.63) is 29.8 Å². The van der Waals surface area contributed by atoms with Crippen LogP contribution in [-0.4, -0.2) is 19.0 Å². The molecule has 0 fully saturated rings. The third-order valence-electron chi connectivity index (χ3n) is 2.62. The van der Waals surface area contributed by atoms with E-state index < -0.39 is 0 Å². The number of nitrogens with two attached hydrogens (primary N) is 1. The lowest BCUT2D eigenvalue weighted by Gasteiger charge is -2.21. The van der Waals surface area contributed by atoms with Gasteiger partial charge in [-0.25, -0.2) is 0 Å². The van der Waals surface area contributed by atoms with Crippen molar-refractivity contribution in [2.24, 2.45) is 5.73 Å². The van der Waals surface area contributed by atoms with E-state index in [1.807, 2.05) is 12.1 Å². The molecule has 1 rings (SSSR count). The van der Waals surface area contributed by atoms with Crippen molar-refractivity contribution in [3.8, 4) is 0 Å². The summed E-state index contributed by atoms with van der Waals surface area (Å²) in [5.74, 6) is 0.0673. The summed E-state index contributed by atoms with van der Waals surface area (Å²) in [6, 6.07) is 8.12. The summed E-state index contributed by atoms with van der Waals surface area (Å²) in [5, 5.41) is 0. The molecule has 0 unspecified atom stereocenters. The Morgan fingerprint density at radius 1 is 1.31 bits per heavy atom. The highest BCUT2D eigenvalue weighted by Crippen LogP contribution is 2.16. The first-order valence-corrected chi connectivity index (χ1v) is 5.76. The average Bonchev–Trinajstić information content (AvgIpc) is 2.30. The van der Waals surface area contributed by atoms with Gasteiger partial charge in [0.05, 0.1) is 0 Å². The lowest BCUT2D eigenvalue weighted by Crippen LogP contribution is -2.30. The van der Waals surface area contributed by atoms with Crippen LogP contribution in [0.5, 0.6) is 0 Å². The normalized spacial score (nSPS) is 10.2. The van der Waals surface area contributed by atoms with Crippen LogP contribution in [0.1, 0.15) is 25.8 Å². The lowest BCUT2D eigenvalue weighted by molar-refractivity contribution is -0.116. The highest BCUT2D eigenvalue weighted by molar-refractivity contribution is 5.91. The van der Waals surface area contributed by atoms with E-state index in [9.17, 15) is 4.79 Å². The van der Waals surface area contributed by atoms with E-state index in [4.69, 9.17) is 5.73 Å². The predicted molar refractivity (Wildman–Crippen MR) is 67.5 cm³/mol. The molecule has 0 aliphatic rings. The van der Waals surface area contributed by atoms with Gasteiger partial charge in [0, 0.05) is 19.2 Å². The van der Waals surface area contributed by atoms with Crippen LogP contribution in [-0.2, 0) is 11.2 Å². The van der Waals surface area contributed by atoms with Crippen molar-refractivity contribution < 1.29 is 4.79 Å². The van der Waals surface area contributed by atoms with Gasteiger partial charge in [-0.1, -0.05) is 19.1 Å². The summed E-state index contributed by atoms with van der Waals surface area (Å²) < 4.78 is 0. The first-order chi connectivity index (χ1) is 7.69. The largest absolute Gasteiger partial charge is 0.330 e. The van der Waals surface area contributed by atoms with Crippen molar-refractivity contribution in [1.29, 1.82) is 0 Å². The standard InChI is InChI=1S/C13H20N2O/c1-3-12-5-7-13(8-6-12)15(11(2)16)10-4-9-14/h5-8H,3-4,9-10,14H2,1-2H3. The third kappa shape index (κ3) is 3.35. The van der Waals surface area contributed by atoms with Crippen LogP contribution in [0.3, 0.4) is 0 Å². The van der Waals surface area contributed by atoms with E-state index in [0.717, 1.165) is 18.5 Å². The zero-order valence-corrected chi connectivity index (χ0v) is 10.1. The summed E-state index contributed by atoms with van der Waals surface area (Å²) in [5.41, 5.74) is 7.70. The zero-order chi connectivity index (χ0) is 12.0. The number of rotatable bonds is 5. The van der Waals surface area contributed by atoms with Gasteiger partial charge in [0.15, 0.2) is 0 Å². The first kappa shape index (κ1) is 12.7. The maximum atomic E-state index is 11.5. The number of carbonyl (C=O) groups is 1. The molecule has 0 aliphatic heterocycles. The molecule has 0 saturated heterocycles. The van der Waals surface area contributed by atoms with E-state index in [1.165, 1.54) is 5.56 Å². The Morgan fingerprint density at radius 2 is 1.94 bits per heavy atom. The summed E-state index contributed by atoms with van der Waals surface area (Å²) in [4.78, 5) is 13.3. The number of hydrogen-bond acceptors (Lipinski definition) is 2. The molecule has 2 N–H and O–H groups in total. The molecule has 0 heterocycles. The van der Waals surface area contributed by atoms with E-state index in [2.05, 4.69) is 19.1 Å². The van der Waals surface area contributed by atoms with E-state index in [1.54, 1.807) is 11.8 Å². The van der Waals surface area contributed by atoms with Gasteiger partial charge in [-0.2, -0.15) is 0 Å².